The third-order valence-corrected chi connectivity index (χ3v) is 5.21. The zero-order chi connectivity index (χ0) is 17.4. The third kappa shape index (κ3) is 2.86. The molecule has 2 aliphatic rings. The third-order valence-electron chi connectivity index (χ3n) is 5.21. The normalized spacial score (nSPS) is 24.0. The van der Waals surface area contributed by atoms with Gasteiger partial charge in [0, 0.05) is 43.5 Å². The molecule has 130 valence electrons. The molecule has 0 saturated carbocycles. The van der Waals surface area contributed by atoms with Crippen LogP contribution in [0.3, 0.4) is 0 Å². The predicted octanol–water partition coefficient (Wildman–Crippen LogP) is 1.55. The Morgan fingerprint density at radius 1 is 1.29 bits per heavy atom. The topological polar surface area (TPSA) is 55.9 Å². The van der Waals surface area contributed by atoms with Crippen molar-refractivity contribution in [1.82, 2.24) is 15.1 Å². The minimum Gasteiger partial charge on any atom is -0.337 e. The Morgan fingerprint density at radius 2 is 2.04 bits per heavy atom. The van der Waals surface area contributed by atoms with Gasteiger partial charge in [-0.2, -0.15) is 0 Å². The SMILES string of the molecule is Cc1c(C(=O)N2CC(C)C(N(C)C)C2)cccc1N1CCNC1=O. The monoisotopic (exact) mass is 330 g/mol. The highest BCUT2D eigenvalue weighted by atomic mass is 16.2. The summed E-state index contributed by atoms with van der Waals surface area (Å²) in [5.74, 6) is 0.516. The van der Waals surface area contributed by atoms with Crippen molar-refractivity contribution in [2.75, 3.05) is 45.2 Å². The molecule has 24 heavy (non-hydrogen) atoms. The lowest BCUT2D eigenvalue weighted by Gasteiger charge is -2.23. The molecule has 0 aromatic heterocycles. The molecule has 0 radical (unpaired) electrons. The minimum absolute atomic E-state index is 0.0603. The molecule has 2 atom stereocenters. The number of likely N-dealkylation sites (tertiary alicyclic amines) is 1. The van der Waals surface area contributed by atoms with E-state index in [0.717, 1.165) is 24.3 Å². The minimum atomic E-state index is -0.0924. The average Bonchev–Trinajstić information content (AvgIpc) is 3.13. The number of carbonyl (C=O) groups excluding carboxylic acids is 2. The smallest absolute Gasteiger partial charge is 0.322 e. The van der Waals surface area contributed by atoms with Crippen LogP contribution in [0.5, 0.6) is 0 Å². The zero-order valence-electron chi connectivity index (χ0n) is 14.9. The van der Waals surface area contributed by atoms with E-state index in [2.05, 4.69) is 31.2 Å². The standard InChI is InChI=1S/C18H26N4O2/c1-12-10-21(11-16(12)20(3)4)17(23)14-6-5-7-15(13(14)2)22-9-8-19-18(22)24/h5-7,12,16H,8-11H2,1-4H3,(H,19,24). The Bertz CT molecular complexity index is 658. The van der Waals surface area contributed by atoms with Gasteiger partial charge in [0.15, 0.2) is 0 Å². The molecule has 2 heterocycles. The number of nitrogens with one attached hydrogen (secondary N) is 1. The van der Waals surface area contributed by atoms with Gasteiger partial charge in [-0.1, -0.05) is 13.0 Å². The number of amides is 3. The maximum absolute atomic E-state index is 13.0. The van der Waals surface area contributed by atoms with E-state index < -0.39 is 0 Å². The summed E-state index contributed by atoms with van der Waals surface area (Å²) in [7, 11) is 4.13. The van der Waals surface area contributed by atoms with Crippen LogP contribution in [0.1, 0.15) is 22.8 Å². The molecule has 2 fully saturated rings. The second-order valence-corrected chi connectivity index (χ2v) is 7.05. The molecule has 1 aromatic carbocycles. The van der Waals surface area contributed by atoms with Gasteiger partial charge in [0.05, 0.1) is 0 Å². The summed E-state index contributed by atoms with van der Waals surface area (Å²) in [5, 5.41) is 2.81. The number of carbonyl (C=O) groups is 2. The first-order chi connectivity index (χ1) is 11.4. The molecule has 2 unspecified atom stereocenters. The summed E-state index contributed by atoms with van der Waals surface area (Å²) in [4.78, 5) is 30.8. The van der Waals surface area contributed by atoms with Crippen LogP contribution in [0.15, 0.2) is 18.2 Å². The number of nitrogens with zero attached hydrogens (tertiary/aromatic N) is 3. The second kappa shape index (κ2) is 6.43. The molecule has 3 amide bonds. The Kier molecular flexibility index (Phi) is 4.49. The number of likely N-dealkylation sites (N-methyl/N-ethyl adjacent to an activating group) is 1. The first-order valence-corrected chi connectivity index (χ1v) is 8.51. The molecule has 1 aromatic rings. The lowest BCUT2D eigenvalue weighted by molar-refractivity contribution is 0.0780. The van der Waals surface area contributed by atoms with E-state index in [1.54, 1.807) is 4.90 Å². The molecule has 2 saturated heterocycles. The largest absolute Gasteiger partial charge is 0.337 e. The van der Waals surface area contributed by atoms with E-state index >= 15 is 0 Å². The number of hydrogen-bond donors (Lipinski definition) is 1. The van der Waals surface area contributed by atoms with E-state index in [1.807, 2.05) is 30.0 Å². The van der Waals surface area contributed by atoms with E-state index in [1.165, 1.54) is 0 Å². The average molecular weight is 330 g/mol. The highest BCUT2D eigenvalue weighted by Crippen LogP contribution is 2.28. The van der Waals surface area contributed by atoms with Crippen molar-refractivity contribution in [3.05, 3.63) is 29.3 Å². The lowest BCUT2D eigenvalue weighted by Crippen LogP contribution is -2.36. The Hall–Kier alpha value is -2.08. The summed E-state index contributed by atoms with van der Waals surface area (Å²) < 4.78 is 0. The van der Waals surface area contributed by atoms with Gasteiger partial charge in [0.2, 0.25) is 0 Å². The maximum Gasteiger partial charge on any atom is 0.322 e. The summed E-state index contributed by atoms with van der Waals surface area (Å²) in [6.45, 7) is 6.93. The molecule has 3 rings (SSSR count). The first kappa shape index (κ1) is 16.8. The van der Waals surface area contributed by atoms with E-state index in [0.29, 0.717) is 30.6 Å². The Labute approximate surface area is 143 Å². The van der Waals surface area contributed by atoms with Gasteiger partial charge in [-0.3, -0.25) is 9.69 Å². The van der Waals surface area contributed by atoms with E-state index in [4.69, 9.17) is 0 Å². The number of hydrogen-bond acceptors (Lipinski definition) is 3. The van der Waals surface area contributed by atoms with Crippen LogP contribution in [0.4, 0.5) is 10.5 Å². The highest BCUT2D eigenvalue weighted by molar-refractivity contribution is 6.00. The van der Waals surface area contributed by atoms with Crippen molar-refractivity contribution < 1.29 is 9.59 Å². The summed E-state index contributed by atoms with van der Waals surface area (Å²) in [6.07, 6.45) is 0. The van der Waals surface area contributed by atoms with Crippen LogP contribution >= 0.6 is 0 Å². The lowest BCUT2D eigenvalue weighted by atomic mass is 10.0. The number of benzene rings is 1. The van der Waals surface area contributed by atoms with Crippen LogP contribution in [0.2, 0.25) is 0 Å². The number of urea groups is 1. The van der Waals surface area contributed by atoms with Gasteiger partial charge in [0.25, 0.3) is 5.91 Å². The molecule has 0 aliphatic carbocycles. The van der Waals surface area contributed by atoms with Crippen molar-refractivity contribution >= 4 is 17.6 Å². The fourth-order valence-electron chi connectivity index (χ4n) is 3.81. The molecule has 0 bridgehead atoms. The van der Waals surface area contributed by atoms with Crippen LogP contribution < -0.4 is 10.2 Å². The van der Waals surface area contributed by atoms with Crippen molar-refractivity contribution in [3.8, 4) is 0 Å². The highest BCUT2D eigenvalue weighted by Gasteiger charge is 2.35. The van der Waals surface area contributed by atoms with Gasteiger partial charge < -0.3 is 15.1 Å². The molecule has 1 N–H and O–H groups in total. The van der Waals surface area contributed by atoms with Crippen molar-refractivity contribution in [2.24, 2.45) is 5.92 Å². The van der Waals surface area contributed by atoms with Crippen molar-refractivity contribution in [2.45, 2.75) is 19.9 Å². The van der Waals surface area contributed by atoms with Crippen molar-refractivity contribution in [3.63, 3.8) is 0 Å². The Morgan fingerprint density at radius 3 is 2.62 bits per heavy atom. The van der Waals surface area contributed by atoms with Crippen molar-refractivity contribution in [1.29, 1.82) is 0 Å². The number of anilines is 1. The van der Waals surface area contributed by atoms with Crippen LogP contribution in [0, 0.1) is 12.8 Å². The van der Waals surface area contributed by atoms with E-state index in [-0.39, 0.29) is 11.9 Å². The Balaban J connectivity index is 1.85. The van der Waals surface area contributed by atoms with Crippen LogP contribution in [-0.2, 0) is 0 Å². The van der Waals surface area contributed by atoms with Gasteiger partial charge in [-0.15, -0.1) is 0 Å². The van der Waals surface area contributed by atoms with Gasteiger partial charge in [-0.25, -0.2) is 4.79 Å². The molecule has 6 heteroatoms. The quantitative estimate of drug-likeness (QED) is 0.915. The van der Waals surface area contributed by atoms with Gasteiger partial charge in [-0.05, 0) is 44.6 Å². The van der Waals surface area contributed by atoms with Gasteiger partial charge >= 0.3 is 6.03 Å². The fourth-order valence-corrected chi connectivity index (χ4v) is 3.81. The number of rotatable bonds is 3. The molecular formula is C18H26N4O2. The van der Waals surface area contributed by atoms with Crippen LogP contribution in [-0.4, -0.2) is 68.1 Å². The first-order valence-electron chi connectivity index (χ1n) is 8.51. The molecule has 0 spiro atoms. The summed E-state index contributed by atoms with van der Waals surface area (Å²) >= 11 is 0. The van der Waals surface area contributed by atoms with E-state index in [9.17, 15) is 9.59 Å². The molecule has 2 aliphatic heterocycles. The summed E-state index contributed by atoms with van der Waals surface area (Å²) in [5.41, 5.74) is 2.39. The molecular weight excluding hydrogens is 304 g/mol. The summed E-state index contributed by atoms with van der Waals surface area (Å²) in [6, 6.07) is 5.94. The van der Waals surface area contributed by atoms with Gasteiger partial charge in [0.1, 0.15) is 0 Å². The second-order valence-electron chi connectivity index (χ2n) is 7.05. The maximum atomic E-state index is 13.0. The fraction of sp³-hybridized carbons (Fsp3) is 0.556. The zero-order valence-corrected chi connectivity index (χ0v) is 14.9. The molecule has 6 nitrogen and oxygen atoms in total. The van der Waals surface area contributed by atoms with Crippen LogP contribution in [0.25, 0.3) is 0 Å². The predicted molar refractivity (Wildman–Crippen MR) is 94.5 cm³/mol.